The second-order valence-electron chi connectivity index (χ2n) is 6.42. The van der Waals surface area contributed by atoms with Crippen LogP contribution in [0.1, 0.15) is 15.9 Å². The molecule has 6 nitrogen and oxygen atoms in total. The Labute approximate surface area is 182 Å². The van der Waals surface area contributed by atoms with Gasteiger partial charge in [0.1, 0.15) is 5.75 Å². The molecule has 0 aromatic heterocycles. The molecule has 0 aliphatic rings. The topological polar surface area (TPSA) is 84.5 Å². The van der Waals surface area contributed by atoms with Gasteiger partial charge < -0.3 is 10.1 Å². The number of rotatable bonds is 7. The summed E-state index contributed by atoms with van der Waals surface area (Å²) < 4.78 is 56.8. The third kappa shape index (κ3) is 5.71. The van der Waals surface area contributed by atoms with E-state index in [2.05, 4.69) is 14.8 Å². The number of hydrogen-bond donors (Lipinski definition) is 2. The van der Waals surface area contributed by atoms with Gasteiger partial charge in [0.2, 0.25) is 0 Å². The van der Waals surface area contributed by atoms with Crippen LogP contribution in [0.3, 0.4) is 0 Å². The molecule has 10 heteroatoms. The lowest BCUT2D eigenvalue weighted by Gasteiger charge is -2.13. The van der Waals surface area contributed by atoms with Gasteiger partial charge in [-0.25, -0.2) is 8.42 Å². The van der Waals surface area contributed by atoms with Crippen LogP contribution in [-0.2, 0) is 10.0 Å². The summed E-state index contributed by atoms with van der Waals surface area (Å²) >= 11 is 6.03. The van der Waals surface area contributed by atoms with Crippen molar-refractivity contribution in [1.29, 1.82) is 0 Å². The highest BCUT2D eigenvalue weighted by Crippen LogP contribution is 2.27. The summed E-state index contributed by atoms with van der Waals surface area (Å²) in [7, 11) is -3.98. The van der Waals surface area contributed by atoms with Crippen LogP contribution in [0.2, 0.25) is 5.02 Å². The Bertz CT molecular complexity index is 1200. The predicted molar refractivity (Wildman–Crippen MR) is 114 cm³/mol. The molecule has 0 saturated heterocycles. The van der Waals surface area contributed by atoms with E-state index < -0.39 is 22.5 Å². The Morgan fingerprint density at radius 2 is 1.71 bits per heavy atom. The van der Waals surface area contributed by atoms with E-state index in [-0.39, 0.29) is 32.6 Å². The summed E-state index contributed by atoms with van der Waals surface area (Å²) in [4.78, 5) is 12.4. The van der Waals surface area contributed by atoms with Crippen LogP contribution in [0, 0.1) is 6.92 Å². The van der Waals surface area contributed by atoms with E-state index in [0.717, 1.165) is 0 Å². The fourth-order valence-electron chi connectivity index (χ4n) is 2.70. The van der Waals surface area contributed by atoms with Crippen LogP contribution < -0.4 is 14.8 Å². The number of alkyl halides is 2. The number of para-hydroxylation sites is 1. The molecule has 0 aliphatic heterocycles. The highest BCUT2D eigenvalue weighted by molar-refractivity contribution is 7.92. The van der Waals surface area contributed by atoms with Gasteiger partial charge in [0.25, 0.3) is 15.9 Å². The zero-order chi connectivity index (χ0) is 22.6. The van der Waals surface area contributed by atoms with Gasteiger partial charge in [-0.1, -0.05) is 29.8 Å². The molecule has 1 amide bonds. The maximum atomic E-state index is 12.9. The Balaban J connectivity index is 1.80. The average Bonchev–Trinajstić information content (AvgIpc) is 2.71. The van der Waals surface area contributed by atoms with Crippen LogP contribution in [-0.4, -0.2) is 20.9 Å². The van der Waals surface area contributed by atoms with Crippen LogP contribution in [0.15, 0.2) is 71.6 Å². The summed E-state index contributed by atoms with van der Waals surface area (Å²) in [5.41, 5.74) is 1.11. The van der Waals surface area contributed by atoms with E-state index in [4.69, 9.17) is 11.6 Å². The Hall–Kier alpha value is -3.17. The van der Waals surface area contributed by atoms with E-state index in [1.54, 1.807) is 37.3 Å². The molecule has 0 radical (unpaired) electrons. The smallest absolute Gasteiger partial charge is 0.387 e. The molecule has 0 heterocycles. The molecule has 0 fully saturated rings. The van der Waals surface area contributed by atoms with Crippen molar-refractivity contribution < 1.29 is 26.7 Å². The van der Waals surface area contributed by atoms with Gasteiger partial charge in [-0.05, 0) is 61.0 Å². The molecule has 0 atom stereocenters. The zero-order valence-electron chi connectivity index (χ0n) is 16.1. The van der Waals surface area contributed by atoms with Crippen molar-refractivity contribution in [2.45, 2.75) is 18.4 Å². The molecule has 0 spiro atoms. The molecule has 3 rings (SSSR count). The normalized spacial score (nSPS) is 11.3. The van der Waals surface area contributed by atoms with Gasteiger partial charge in [-0.15, -0.1) is 0 Å². The largest absolute Gasteiger partial charge is 0.435 e. The summed E-state index contributed by atoms with van der Waals surface area (Å²) in [6, 6.07) is 15.9. The third-order valence-electron chi connectivity index (χ3n) is 4.20. The van der Waals surface area contributed by atoms with Crippen LogP contribution >= 0.6 is 11.6 Å². The second-order valence-corrected chi connectivity index (χ2v) is 8.48. The molecular formula is C21H17ClF2N2O4S. The first kappa shape index (κ1) is 22.5. The summed E-state index contributed by atoms with van der Waals surface area (Å²) in [5.74, 6) is -0.629. The number of hydrogen-bond acceptors (Lipinski definition) is 4. The van der Waals surface area contributed by atoms with Gasteiger partial charge in [0, 0.05) is 11.3 Å². The number of anilines is 2. The van der Waals surface area contributed by atoms with Crippen molar-refractivity contribution in [2.24, 2.45) is 0 Å². The van der Waals surface area contributed by atoms with Crippen molar-refractivity contribution >= 4 is 38.9 Å². The maximum Gasteiger partial charge on any atom is 0.387 e. The van der Waals surface area contributed by atoms with E-state index in [0.29, 0.717) is 5.56 Å². The van der Waals surface area contributed by atoms with Gasteiger partial charge in [-0.2, -0.15) is 8.78 Å². The number of amides is 1. The van der Waals surface area contributed by atoms with Crippen LogP contribution in [0.25, 0.3) is 0 Å². The minimum absolute atomic E-state index is 0.0362. The standard InChI is InChI=1S/C21H17ClF2N2O4S/c1-13-6-9-15(25-20(27)14-7-10-16(11-8-14)30-21(23)24)12-19(13)31(28,29)26-18-5-3-2-4-17(18)22/h2-12,21,26H,1H3,(H,25,27). The Morgan fingerprint density at radius 3 is 2.35 bits per heavy atom. The fourth-order valence-corrected chi connectivity index (χ4v) is 4.29. The van der Waals surface area contributed by atoms with Crippen molar-refractivity contribution in [2.75, 3.05) is 10.0 Å². The number of sulfonamides is 1. The average molecular weight is 467 g/mol. The van der Waals surface area contributed by atoms with Crippen molar-refractivity contribution in [3.8, 4) is 5.75 Å². The molecule has 31 heavy (non-hydrogen) atoms. The SMILES string of the molecule is Cc1ccc(NC(=O)c2ccc(OC(F)F)cc2)cc1S(=O)(=O)Nc1ccccc1Cl. The zero-order valence-corrected chi connectivity index (χ0v) is 17.7. The molecule has 0 unspecified atom stereocenters. The number of aryl methyl sites for hydroxylation is 1. The monoisotopic (exact) mass is 466 g/mol. The lowest BCUT2D eigenvalue weighted by atomic mass is 10.2. The molecule has 0 bridgehead atoms. The maximum absolute atomic E-state index is 12.9. The molecule has 3 aromatic rings. The Kier molecular flexibility index (Phi) is 6.77. The van der Waals surface area contributed by atoms with E-state index in [1.807, 2.05) is 0 Å². The van der Waals surface area contributed by atoms with Crippen molar-refractivity contribution in [1.82, 2.24) is 0 Å². The van der Waals surface area contributed by atoms with Gasteiger partial charge >= 0.3 is 6.61 Å². The molecule has 0 saturated carbocycles. The summed E-state index contributed by atoms with van der Waals surface area (Å²) in [6.45, 7) is -1.35. The number of nitrogens with one attached hydrogen (secondary N) is 2. The fraction of sp³-hybridized carbons (Fsp3) is 0.0952. The van der Waals surface area contributed by atoms with Gasteiger partial charge in [0.15, 0.2) is 0 Å². The lowest BCUT2D eigenvalue weighted by Crippen LogP contribution is -2.16. The molecule has 0 aliphatic carbocycles. The predicted octanol–water partition coefficient (Wildman–Crippen LogP) is 5.30. The Morgan fingerprint density at radius 1 is 1.03 bits per heavy atom. The number of benzene rings is 3. The first-order valence-corrected chi connectivity index (χ1v) is 10.8. The number of halogens is 3. The van der Waals surface area contributed by atoms with E-state index >= 15 is 0 Å². The summed E-state index contributed by atoms with van der Waals surface area (Å²) in [5, 5.41) is 2.83. The first-order valence-electron chi connectivity index (χ1n) is 8.90. The quantitative estimate of drug-likeness (QED) is 0.494. The highest BCUT2D eigenvalue weighted by Gasteiger charge is 2.19. The first-order chi connectivity index (χ1) is 14.7. The van der Waals surface area contributed by atoms with Crippen LogP contribution in [0.4, 0.5) is 20.2 Å². The molecule has 162 valence electrons. The molecular weight excluding hydrogens is 450 g/mol. The minimum atomic E-state index is -3.98. The van der Waals surface area contributed by atoms with Crippen molar-refractivity contribution in [3.05, 3.63) is 82.9 Å². The number of carbonyl (C=O) groups is 1. The summed E-state index contributed by atoms with van der Waals surface area (Å²) in [6.07, 6.45) is 0. The lowest BCUT2D eigenvalue weighted by molar-refractivity contribution is -0.0498. The van der Waals surface area contributed by atoms with Gasteiger partial charge in [-0.3, -0.25) is 9.52 Å². The van der Waals surface area contributed by atoms with E-state index in [9.17, 15) is 22.0 Å². The third-order valence-corrected chi connectivity index (χ3v) is 6.03. The van der Waals surface area contributed by atoms with Crippen molar-refractivity contribution in [3.63, 3.8) is 0 Å². The molecule has 3 aromatic carbocycles. The molecule has 2 N–H and O–H groups in total. The minimum Gasteiger partial charge on any atom is -0.435 e. The number of carbonyl (C=O) groups excluding carboxylic acids is 1. The second kappa shape index (κ2) is 9.32. The van der Waals surface area contributed by atoms with Gasteiger partial charge in [0.05, 0.1) is 15.6 Å². The number of ether oxygens (including phenoxy) is 1. The highest BCUT2D eigenvalue weighted by atomic mass is 35.5. The van der Waals surface area contributed by atoms with Crippen LogP contribution in [0.5, 0.6) is 5.75 Å². The van der Waals surface area contributed by atoms with E-state index in [1.165, 1.54) is 36.4 Å².